The van der Waals surface area contributed by atoms with Crippen LogP contribution in [0.2, 0.25) is 0 Å². The van der Waals surface area contributed by atoms with Crippen molar-refractivity contribution in [2.75, 3.05) is 11.7 Å². The zero-order chi connectivity index (χ0) is 25.9. The molecule has 0 aliphatic heterocycles. The zero-order valence-electron chi connectivity index (χ0n) is 24.8. The number of rotatable bonds is 27. The molecule has 0 N–H and O–H groups in total. The molecule has 0 aliphatic rings. The molecule has 0 bridgehead atoms. The van der Waals surface area contributed by atoms with Gasteiger partial charge in [0.05, 0.1) is 18.3 Å². The third kappa shape index (κ3) is 18.3. The van der Waals surface area contributed by atoms with Crippen LogP contribution in [0, 0.1) is 0 Å². The molecule has 0 aliphatic carbocycles. The van der Waals surface area contributed by atoms with Crippen LogP contribution in [0.1, 0.15) is 168 Å². The zero-order valence-corrected chi connectivity index (χ0v) is 24.8. The molecule has 1 aromatic rings. The average molecular weight is 502 g/mol. The van der Waals surface area contributed by atoms with Crippen molar-refractivity contribution >= 4 is 5.69 Å². The van der Waals surface area contributed by atoms with Crippen molar-refractivity contribution < 1.29 is 4.84 Å². The van der Waals surface area contributed by atoms with Crippen molar-refractivity contribution in [3.63, 3.8) is 0 Å². The molecule has 36 heavy (non-hydrogen) atoms. The summed E-state index contributed by atoms with van der Waals surface area (Å²) in [7, 11) is 0. The molecule has 0 heterocycles. The number of para-hydroxylation sites is 1. The quantitative estimate of drug-likeness (QED) is 0.0877. The lowest BCUT2D eigenvalue weighted by Crippen LogP contribution is -2.35. The number of anilines is 1. The molecular formula is C34H63NO. The van der Waals surface area contributed by atoms with Gasteiger partial charge in [-0.05, 0) is 31.4 Å². The van der Waals surface area contributed by atoms with E-state index in [4.69, 9.17) is 4.84 Å². The van der Waals surface area contributed by atoms with E-state index in [0.717, 1.165) is 13.0 Å². The van der Waals surface area contributed by atoms with Crippen LogP contribution in [0.25, 0.3) is 0 Å². The lowest BCUT2D eigenvalue weighted by atomic mass is 10.0. The summed E-state index contributed by atoms with van der Waals surface area (Å²) < 4.78 is 0. The Morgan fingerprint density at radius 3 is 1.39 bits per heavy atom. The van der Waals surface area contributed by atoms with Gasteiger partial charge in [0.15, 0.2) is 0 Å². The molecule has 2 nitrogen and oxygen atoms in total. The van der Waals surface area contributed by atoms with E-state index in [1.165, 1.54) is 147 Å². The summed E-state index contributed by atoms with van der Waals surface area (Å²) in [4.78, 5) is 6.44. The summed E-state index contributed by atoms with van der Waals surface area (Å²) in [5.41, 5.74) is 1.22. The molecule has 0 saturated heterocycles. The van der Waals surface area contributed by atoms with Crippen LogP contribution in [0.4, 0.5) is 5.69 Å². The highest BCUT2D eigenvalue weighted by Gasteiger charge is 2.18. The summed E-state index contributed by atoms with van der Waals surface area (Å²) in [6.45, 7) is 7.76. The fourth-order valence-electron chi connectivity index (χ4n) is 5.25. The van der Waals surface area contributed by atoms with Crippen LogP contribution < -0.4 is 5.06 Å². The first-order valence-electron chi connectivity index (χ1n) is 16.3. The van der Waals surface area contributed by atoms with E-state index in [1.54, 1.807) is 0 Å². The van der Waals surface area contributed by atoms with Crippen molar-refractivity contribution in [3.05, 3.63) is 30.3 Å². The standard InChI is InChI=1S/C34H63NO/c1-4-7-9-11-13-15-16-17-19-21-23-28-32-36-35(34-30-26-24-27-31-34)33(6-3)29-25-22-20-18-14-12-10-8-5-2/h24,26-27,30-31,33H,4-23,25,28-29,32H2,1-3H3/t33-/m1/s1. The predicted octanol–water partition coefficient (Wildman–Crippen LogP) is 11.8. The average Bonchev–Trinajstić information content (AvgIpc) is 2.91. The van der Waals surface area contributed by atoms with Gasteiger partial charge in [0.25, 0.3) is 0 Å². The van der Waals surface area contributed by atoms with Crippen LogP contribution in [-0.4, -0.2) is 12.6 Å². The molecule has 0 amide bonds. The van der Waals surface area contributed by atoms with Crippen molar-refractivity contribution in [3.8, 4) is 0 Å². The number of hydroxylamine groups is 1. The maximum absolute atomic E-state index is 6.44. The van der Waals surface area contributed by atoms with Gasteiger partial charge < -0.3 is 0 Å². The number of hydrogen-bond acceptors (Lipinski definition) is 2. The van der Waals surface area contributed by atoms with Gasteiger partial charge in [0.1, 0.15) is 0 Å². The van der Waals surface area contributed by atoms with Crippen molar-refractivity contribution in [1.82, 2.24) is 0 Å². The number of benzene rings is 1. The van der Waals surface area contributed by atoms with E-state index in [2.05, 4.69) is 56.2 Å². The second-order valence-corrected chi connectivity index (χ2v) is 11.1. The number of unbranched alkanes of at least 4 members (excludes halogenated alkanes) is 19. The highest BCUT2D eigenvalue weighted by atomic mass is 16.7. The second kappa shape index (κ2) is 25.6. The Bertz CT molecular complexity index is 545. The topological polar surface area (TPSA) is 12.5 Å². The van der Waals surface area contributed by atoms with E-state index in [0.29, 0.717) is 6.04 Å². The molecule has 210 valence electrons. The van der Waals surface area contributed by atoms with E-state index < -0.39 is 0 Å². The highest BCUT2D eigenvalue weighted by Crippen LogP contribution is 2.23. The number of hydrogen-bond donors (Lipinski definition) is 0. The van der Waals surface area contributed by atoms with E-state index >= 15 is 0 Å². The molecule has 1 aromatic carbocycles. The van der Waals surface area contributed by atoms with Gasteiger partial charge in [-0.3, -0.25) is 9.90 Å². The fourth-order valence-corrected chi connectivity index (χ4v) is 5.25. The molecule has 0 radical (unpaired) electrons. The SMILES string of the molecule is CCCCCCCCCCCCCCON(c1ccccc1)[C@H](CC)CCCCCCCCCCC. The first-order valence-corrected chi connectivity index (χ1v) is 16.3. The maximum Gasteiger partial charge on any atom is 0.0748 e. The van der Waals surface area contributed by atoms with E-state index in [-0.39, 0.29) is 0 Å². The van der Waals surface area contributed by atoms with Gasteiger partial charge >= 0.3 is 0 Å². The van der Waals surface area contributed by atoms with Gasteiger partial charge in [-0.2, -0.15) is 0 Å². The maximum atomic E-state index is 6.44. The molecule has 0 spiro atoms. The first kappa shape index (κ1) is 33.0. The lowest BCUT2D eigenvalue weighted by molar-refractivity contribution is 0.0786. The molecule has 2 heteroatoms. The Labute approximate surface area is 226 Å². The van der Waals surface area contributed by atoms with Gasteiger partial charge in [-0.25, -0.2) is 0 Å². The molecule has 0 aromatic heterocycles. The summed E-state index contributed by atoms with van der Waals surface area (Å²) >= 11 is 0. The van der Waals surface area contributed by atoms with Crippen molar-refractivity contribution in [2.45, 2.75) is 174 Å². The van der Waals surface area contributed by atoms with Gasteiger partial charge in [-0.1, -0.05) is 167 Å². The Morgan fingerprint density at radius 2 is 0.944 bits per heavy atom. The largest absolute Gasteiger partial charge is 0.273 e. The van der Waals surface area contributed by atoms with Crippen LogP contribution in [0.5, 0.6) is 0 Å². The summed E-state index contributed by atoms with van der Waals surface area (Å²) in [6.07, 6.45) is 31.5. The van der Waals surface area contributed by atoms with Gasteiger partial charge in [-0.15, -0.1) is 0 Å². The first-order chi connectivity index (χ1) is 17.8. The van der Waals surface area contributed by atoms with Crippen LogP contribution in [0.3, 0.4) is 0 Å². The lowest BCUT2D eigenvalue weighted by Gasteiger charge is -2.32. The third-order valence-corrected chi connectivity index (χ3v) is 7.68. The Morgan fingerprint density at radius 1 is 0.528 bits per heavy atom. The minimum Gasteiger partial charge on any atom is -0.273 e. The second-order valence-electron chi connectivity index (χ2n) is 11.1. The van der Waals surface area contributed by atoms with Crippen molar-refractivity contribution in [2.24, 2.45) is 0 Å². The van der Waals surface area contributed by atoms with Crippen LogP contribution in [0.15, 0.2) is 30.3 Å². The number of nitrogens with zero attached hydrogens (tertiary/aromatic N) is 1. The van der Waals surface area contributed by atoms with Gasteiger partial charge in [0.2, 0.25) is 0 Å². The van der Waals surface area contributed by atoms with Crippen molar-refractivity contribution in [1.29, 1.82) is 0 Å². The normalized spacial score (nSPS) is 12.2. The monoisotopic (exact) mass is 501 g/mol. The third-order valence-electron chi connectivity index (χ3n) is 7.68. The molecular weight excluding hydrogens is 438 g/mol. The Balaban J connectivity index is 2.21. The van der Waals surface area contributed by atoms with E-state index in [1.807, 2.05) is 0 Å². The highest BCUT2D eigenvalue weighted by molar-refractivity contribution is 5.44. The van der Waals surface area contributed by atoms with Crippen LogP contribution in [-0.2, 0) is 4.84 Å². The van der Waals surface area contributed by atoms with Gasteiger partial charge in [0, 0.05) is 0 Å². The Kier molecular flexibility index (Phi) is 23.5. The molecule has 0 fully saturated rings. The van der Waals surface area contributed by atoms with E-state index in [9.17, 15) is 0 Å². The molecule has 0 saturated carbocycles. The summed E-state index contributed by atoms with van der Waals surface area (Å²) in [6, 6.07) is 11.3. The Hall–Kier alpha value is -1.02. The molecule has 0 unspecified atom stereocenters. The minimum absolute atomic E-state index is 0.481. The summed E-state index contributed by atoms with van der Waals surface area (Å²) in [5, 5.41) is 2.25. The predicted molar refractivity (Wildman–Crippen MR) is 162 cm³/mol. The molecule has 1 atom stereocenters. The fraction of sp³-hybridized carbons (Fsp3) is 0.824. The van der Waals surface area contributed by atoms with Crippen LogP contribution >= 0.6 is 0 Å². The summed E-state index contributed by atoms with van der Waals surface area (Å²) in [5.74, 6) is 0. The minimum atomic E-state index is 0.481. The smallest absolute Gasteiger partial charge is 0.0748 e. The molecule has 1 rings (SSSR count).